The van der Waals surface area contributed by atoms with Crippen molar-refractivity contribution >= 4 is 52.0 Å². The normalized spacial score (nSPS) is 10.5. The Balaban J connectivity index is 2.06. The van der Waals surface area contributed by atoms with E-state index in [1.807, 2.05) is 13.8 Å². The lowest BCUT2D eigenvalue weighted by Crippen LogP contribution is -2.38. The smallest absolute Gasteiger partial charge is 0.266 e. The van der Waals surface area contributed by atoms with Crippen LogP contribution in [0.2, 0.25) is 10.0 Å². The number of amides is 2. The predicted octanol–water partition coefficient (Wildman–Crippen LogP) is 4.25. The lowest BCUT2D eigenvalue weighted by atomic mass is 10.3. The van der Waals surface area contributed by atoms with Crippen molar-refractivity contribution < 1.29 is 9.59 Å². The van der Waals surface area contributed by atoms with Gasteiger partial charge in [0.2, 0.25) is 5.91 Å². The Hall–Kier alpha value is -1.63. The Bertz CT molecular complexity index is 749. The molecule has 2 amide bonds. The van der Waals surface area contributed by atoms with Gasteiger partial charge in [-0.3, -0.25) is 9.59 Å². The molecule has 0 aliphatic heterocycles. The molecule has 0 unspecified atom stereocenters. The molecule has 8 heteroatoms. The van der Waals surface area contributed by atoms with Gasteiger partial charge >= 0.3 is 0 Å². The molecule has 128 valence electrons. The van der Waals surface area contributed by atoms with E-state index in [-0.39, 0.29) is 18.4 Å². The number of aryl methyl sites for hydroxylation is 1. The fraction of sp³-hybridized carbons (Fsp3) is 0.312. The summed E-state index contributed by atoms with van der Waals surface area (Å²) in [5, 5.41) is 4.35. The van der Waals surface area contributed by atoms with E-state index < -0.39 is 0 Å². The molecule has 24 heavy (non-hydrogen) atoms. The highest BCUT2D eigenvalue weighted by molar-refractivity contribution is 7.13. The summed E-state index contributed by atoms with van der Waals surface area (Å²) in [6.45, 7) is 4.22. The molecule has 1 heterocycles. The van der Waals surface area contributed by atoms with Crippen LogP contribution in [-0.2, 0) is 4.79 Å². The number of nitrogens with zero attached hydrogens (tertiary/aromatic N) is 2. The van der Waals surface area contributed by atoms with Gasteiger partial charge in [0.1, 0.15) is 11.4 Å². The van der Waals surface area contributed by atoms with Crippen LogP contribution in [0.25, 0.3) is 0 Å². The van der Waals surface area contributed by atoms with E-state index in [0.29, 0.717) is 27.2 Å². The highest BCUT2D eigenvalue weighted by Gasteiger charge is 2.20. The molecule has 5 nitrogen and oxygen atoms in total. The van der Waals surface area contributed by atoms with Crippen LogP contribution in [0, 0.1) is 6.92 Å². The van der Waals surface area contributed by atoms with Crippen molar-refractivity contribution in [3.05, 3.63) is 44.3 Å². The lowest BCUT2D eigenvalue weighted by Gasteiger charge is -2.21. The maximum atomic E-state index is 12.5. The Kier molecular flexibility index (Phi) is 6.60. The van der Waals surface area contributed by atoms with Gasteiger partial charge in [0.05, 0.1) is 21.9 Å². The third-order valence-electron chi connectivity index (χ3n) is 3.15. The molecule has 0 aliphatic carbocycles. The van der Waals surface area contributed by atoms with Crippen LogP contribution in [-0.4, -0.2) is 34.8 Å². The molecular weight excluding hydrogens is 369 g/mol. The fourth-order valence-electron chi connectivity index (χ4n) is 2.09. The second kappa shape index (κ2) is 8.46. The Labute approximate surface area is 154 Å². The van der Waals surface area contributed by atoms with Crippen molar-refractivity contribution in [1.29, 1.82) is 0 Å². The molecule has 0 fully saturated rings. The zero-order valence-corrected chi connectivity index (χ0v) is 15.6. The molecule has 2 rings (SSSR count). The van der Waals surface area contributed by atoms with E-state index in [2.05, 4.69) is 10.3 Å². The van der Waals surface area contributed by atoms with Crippen molar-refractivity contribution in [2.24, 2.45) is 0 Å². The summed E-state index contributed by atoms with van der Waals surface area (Å²) >= 11 is 13.2. The van der Waals surface area contributed by atoms with Gasteiger partial charge in [0, 0.05) is 11.6 Å². The minimum absolute atomic E-state index is 0.0530. The fourth-order valence-corrected chi connectivity index (χ4v) is 3.29. The monoisotopic (exact) mass is 385 g/mol. The van der Waals surface area contributed by atoms with E-state index in [4.69, 9.17) is 23.2 Å². The molecule has 0 saturated carbocycles. The number of anilines is 1. The molecule has 0 aliphatic rings. The number of benzene rings is 1. The minimum Gasteiger partial charge on any atom is -0.329 e. The first-order valence-electron chi connectivity index (χ1n) is 7.37. The zero-order chi connectivity index (χ0) is 17.7. The van der Waals surface area contributed by atoms with Gasteiger partial charge in [-0.05, 0) is 31.5 Å². The number of nitrogens with one attached hydrogen (secondary N) is 1. The second-order valence-electron chi connectivity index (χ2n) is 5.14. The maximum absolute atomic E-state index is 12.5. The van der Waals surface area contributed by atoms with E-state index in [0.717, 1.165) is 11.4 Å². The number of halogens is 2. The Morgan fingerprint density at radius 2 is 2.08 bits per heavy atom. The molecular formula is C16H17Cl2N3O2S. The number of aromatic nitrogens is 1. The summed E-state index contributed by atoms with van der Waals surface area (Å²) in [6.07, 6.45) is 2.29. The first-order valence-corrected chi connectivity index (χ1v) is 8.94. The largest absolute Gasteiger partial charge is 0.329 e. The van der Waals surface area contributed by atoms with E-state index in [1.54, 1.807) is 24.4 Å². The van der Waals surface area contributed by atoms with Crippen molar-refractivity contribution in [3.8, 4) is 0 Å². The first-order chi connectivity index (χ1) is 11.4. The van der Waals surface area contributed by atoms with Crippen molar-refractivity contribution in [1.82, 2.24) is 9.88 Å². The number of hydrogen-bond acceptors (Lipinski definition) is 4. The van der Waals surface area contributed by atoms with Gasteiger partial charge in [-0.2, -0.15) is 0 Å². The molecule has 1 N–H and O–H groups in total. The van der Waals surface area contributed by atoms with Gasteiger partial charge in [-0.1, -0.05) is 30.1 Å². The van der Waals surface area contributed by atoms with Gasteiger partial charge in [0.25, 0.3) is 5.91 Å². The summed E-state index contributed by atoms with van der Waals surface area (Å²) in [5.74, 6) is -0.512. The van der Waals surface area contributed by atoms with Gasteiger partial charge in [0.15, 0.2) is 0 Å². The molecule has 0 atom stereocenters. The highest BCUT2D eigenvalue weighted by Crippen LogP contribution is 2.25. The third-order valence-corrected chi connectivity index (χ3v) is 4.60. The maximum Gasteiger partial charge on any atom is 0.266 e. The predicted molar refractivity (Wildman–Crippen MR) is 98.1 cm³/mol. The van der Waals surface area contributed by atoms with Crippen LogP contribution in [0.5, 0.6) is 0 Å². The Morgan fingerprint density at radius 1 is 1.33 bits per heavy atom. The first kappa shape index (κ1) is 18.7. The summed E-state index contributed by atoms with van der Waals surface area (Å²) in [4.78, 5) is 30.9. The Morgan fingerprint density at radius 3 is 2.67 bits per heavy atom. The number of carbonyl (C=O) groups excluding carboxylic acids is 2. The summed E-state index contributed by atoms with van der Waals surface area (Å²) in [7, 11) is 0. The van der Waals surface area contributed by atoms with Crippen LogP contribution in [0.15, 0.2) is 24.4 Å². The molecule has 1 aromatic heterocycles. The minimum atomic E-state index is -0.317. The van der Waals surface area contributed by atoms with Crippen molar-refractivity contribution in [2.75, 3.05) is 18.4 Å². The second-order valence-corrected chi connectivity index (χ2v) is 7.22. The summed E-state index contributed by atoms with van der Waals surface area (Å²) in [5.41, 5.74) is 0.462. The van der Waals surface area contributed by atoms with Gasteiger partial charge < -0.3 is 10.2 Å². The lowest BCUT2D eigenvalue weighted by molar-refractivity contribution is -0.116. The molecule has 0 bridgehead atoms. The average molecular weight is 386 g/mol. The number of rotatable bonds is 6. The van der Waals surface area contributed by atoms with Crippen LogP contribution in [0.1, 0.15) is 28.0 Å². The highest BCUT2D eigenvalue weighted by atomic mass is 35.5. The molecule has 0 spiro atoms. The standard InChI is InChI=1S/C16H17Cl2N3O2S/c1-3-6-21(16(23)14-8-19-10(2)24-14)9-15(22)20-13-5-4-11(17)7-12(13)18/h4-5,7-8H,3,6,9H2,1-2H3,(H,20,22). The average Bonchev–Trinajstić information content (AvgIpc) is 2.95. The third kappa shape index (κ3) is 4.93. The zero-order valence-electron chi connectivity index (χ0n) is 13.3. The van der Waals surface area contributed by atoms with Gasteiger partial charge in [-0.25, -0.2) is 4.98 Å². The topological polar surface area (TPSA) is 62.3 Å². The van der Waals surface area contributed by atoms with E-state index >= 15 is 0 Å². The quantitative estimate of drug-likeness (QED) is 0.808. The van der Waals surface area contributed by atoms with Gasteiger partial charge in [-0.15, -0.1) is 11.3 Å². The van der Waals surface area contributed by atoms with Crippen molar-refractivity contribution in [2.45, 2.75) is 20.3 Å². The molecule has 2 aromatic rings. The molecule has 0 saturated heterocycles. The van der Waals surface area contributed by atoms with Crippen LogP contribution < -0.4 is 5.32 Å². The molecule has 1 aromatic carbocycles. The van der Waals surface area contributed by atoms with E-state index in [9.17, 15) is 9.59 Å². The van der Waals surface area contributed by atoms with E-state index in [1.165, 1.54) is 16.2 Å². The SMILES string of the molecule is CCCN(CC(=O)Nc1ccc(Cl)cc1Cl)C(=O)c1cnc(C)s1. The summed E-state index contributed by atoms with van der Waals surface area (Å²) in [6, 6.07) is 4.81. The number of hydrogen-bond donors (Lipinski definition) is 1. The van der Waals surface area contributed by atoms with Crippen molar-refractivity contribution in [3.63, 3.8) is 0 Å². The molecule has 0 radical (unpaired) electrons. The number of carbonyl (C=O) groups is 2. The van der Waals surface area contributed by atoms with Crippen LogP contribution in [0.3, 0.4) is 0 Å². The van der Waals surface area contributed by atoms with Crippen LogP contribution >= 0.6 is 34.5 Å². The van der Waals surface area contributed by atoms with Crippen LogP contribution in [0.4, 0.5) is 5.69 Å². The summed E-state index contributed by atoms with van der Waals surface area (Å²) < 4.78 is 0. The number of thiazole rings is 1.